The molecule has 3 rings (SSSR count). The van der Waals surface area contributed by atoms with E-state index in [2.05, 4.69) is 0 Å². The summed E-state index contributed by atoms with van der Waals surface area (Å²) in [5.41, 5.74) is 1.99. The van der Waals surface area contributed by atoms with Crippen LogP contribution < -0.4 is 4.74 Å². The zero-order valence-corrected chi connectivity index (χ0v) is 14.5. The normalized spacial score (nSPS) is 10.7. The van der Waals surface area contributed by atoms with E-state index < -0.39 is 10.9 Å². The van der Waals surface area contributed by atoms with Crippen molar-refractivity contribution in [2.24, 2.45) is 0 Å². The number of carbonyl (C=O) groups is 1. The predicted octanol–water partition coefficient (Wildman–Crippen LogP) is 3.78. The number of carbonyl (C=O) groups excluding carboxylic acids is 1. The first-order valence-corrected chi connectivity index (χ1v) is 8.11. The van der Waals surface area contributed by atoms with Crippen LogP contribution in [-0.4, -0.2) is 29.2 Å². The van der Waals surface area contributed by atoms with E-state index in [1.807, 2.05) is 24.3 Å². The van der Waals surface area contributed by atoms with Crippen LogP contribution in [0.2, 0.25) is 0 Å². The number of hydrogen-bond donors (Lipinski definition) is 0. The molecule has 0 atom stereocenters. The van der Waals surface area contributed by atoms with Crippen molar-refractivity contribution in [3.05, 3.63) is 69.9 Å². The number of rotatable bonds is 6. The Bertz CT molecular complexity index is 977. The van der Waals surface area contributed by atoms with Crippen molar-refractivity contribution in [3.63, 3.8) is 0 Å². The Morgan fingerprint density at radius 1 is 1.19 bits per heavy atom. The highest BCUT2D eigenvalue weighted by molar-refractivity contribution is 5.96. The van der Waals surface area contributed by atoms with Crippen LogP contribution in [0.25, 0.3) is 10.9 Å². The molecule has 0 aliphatic carbocycles. The highest BCUT2D eigenvalue weighted by Crippen LogP contribution is 2.27. The summed E-state index contributed by atoms with van der Waals surface area (Å²) in [6, 6.07) is 13.7. The molecule has 7 heteroatoms. The minimum absolute atomic E-state index is 0.0218. The minimum Gasteiger partial charge on any atom is -0.497 e. The van der Waals surface area contributed by atoms with Crippen molar-refractivity contribution in [2.45, 2.75) is 13.5 Å². The molecule has 2 aromatic carbocycles. The van der Waals surface area contributed by atoms with Gasteiger partial charge in [-0.25, -0.2) is 4.79 Å². The van der Waals surface area contributed by atoms with E-state index >= 15 is 0 Å². The van der Waals surface area contributed by atoms with Gasteiger partial charge in [-0.1, -0.05) is 12.1 Å². The second kappa shape index (κ2) is 7.26. The van der Waals surface area contributed by atoms with Crippen LogP contribution in [0, 0.1) is 10.1 Å². The van der Waals surface area contributed by atoms with Gasteiger partial charge in [-0.3, -0.25) is 10.1 Å². The maximum Gasteiger partial charge on any atom is 0.354 e. The number of non-ortho nitro benzene ring substituents is 1. The standard InChI is InChI=1S/C19H18N2O5/c1-3-26-19(22)18-11-14-10-15(21(23)24)7-8-17(14)20(18)12-13-5-4-6-16(9-13)25-2/h4-11H,3,12H2,1-2H3. The Hall–Kier alpha value is -3.35. The van der Waals surface area contributed by atoms with Crippen molar-refractivity contribution < 1.29 is 19.2 Å². The molecule has 1 aromatic heterocycles. The number of hydrogen-bond acceptors (Lipinski definition) is 5. The number of methoxy groups -OCH3 is 1. The molecule has 0 unspecified atom stereocenters. The van der Waals surface area contributed by atoms with Crippen LogP contribution in [0.4, 0.5) is 5.69 Å². The molecule has 0 aliphatic heterocycles. The van der Waals surface area contributed by atoms with Crippen LogP contribution in [0.5, 0.6) is 5.75 Å². The summed E-state index contributed by atoms with van der Waals surface area (Å²) in [6.45, 7) is 2.39. The van der Waals surface area contributed by atoms with Crippen LogP contribution >= 0.6 is 0 Å². The lowest BCUT2D eigenvalue weighted by atomic mass is 10.2. The third-order valence-corrected chi connectivity index (χ3v) is 4.06. The molecular weight excluding hydrogens is 336 g/mol. The first-order valence-electron chi connectivity index (χ1n) is 8.11. The molecule has 0 fully saturated rings. The van der Waals surface area contributed by atoms with Gasteiger partial charge < -0.3 is 14.0 Å². The Morgan fingerprint density at radius 2 is 2.00 bits per heavy atom. The highest BCUT2D eigenvalue weighted by atomic mass is 16.6. The van der Waals surface area contributed by atoms with Crippen molar-refractivity contribution >= 4 is 22.6 Å². The molecule has 0 aliphatic rings. The summed E-state index contributed by atoms with van der Waals surface area (Å²) in [5.74, 6) is 0.251. The molecule has 0 radical (unpaired) electrons. The third-order valence-electron chi connectivity index (χ3n) is 4.06. The van der Waals surface area contributed by atoms with Gasteiger partial charge in [0, 0.05) is 29.6 Å². The average Bonchev–Trinajstić information content (AvgIpc) is 3.00. The molecule has 0 amide bonds. The molecule has 0 spiro atoms. The summed E-state index contributed by atoms with van der Waals surface area (Å²) in [4.78, 5) is 22.9. The number of nitrogens with zero attached hydrogens (tertiary/aromatic N) is 2. The topological polar surface area (TPSA) is 83.6 Å². The molecule has 3 aromatic rings. The summed E-state index contributed by atoms with van der Waals surface area (Å²) in [7, 11) is 1.59. The van der Waals surface area contributed by atoms with Gasteiger partial charge in [-0.15, -0.1) is 0 Å². The lowest BCUT2D eigenvalue weighted by molar-refractivity contribution is -0.384. The van der Waals surface area contributed by atoms with Gasteiger partial charge in [-0.2, -0.15) is 0 Å². The van der Waals surface area contributed by atoms with Crippen molar-refractivity contribution in [1.82, 2.24) is 4.57 Å². The van der Waals surface area contributed by atoms with E-state index in [-0.39, 0.29) is 12.3 Å². The number of aromatic nitrogens is 1. The predicted molar refractivity (Wildman–Crippen MR) is 96.6 cm³/mol. The monoisotopic (exact) mass is 354 g/mol. The quantitative estimate of drug-likeness (QED) is 0.382. The van der Waals surface area contributed by atoms with Crippen LogP contribution in [0.1, 0.15) is 23.0 Å². The first kappa shape index (κ1) is 17.5. The molecular formula is C19H18N2O5. The van der Waals surface area contributed by atoms with Gasteiger partial charge in [0.2, 0.25) is 0 Å². The molecule has 1 heterocycles. The zero-order chi connectivity index (χ0) is 18.7. The minimum atomic E-state index is -0.464. The highest BCUT2D eigenvalue weighted by Gasteiger charge is 2.19. The summed E-state index contributed by atoms with van der Waals surface area (Å²) >= 11 is 0. The van der Waals surface area contributed by atoms with Crippen LogP contribution in [0.15, 0.2) is 48.5 Å². The Labute approximate surface area is 149 Å². The van der Waals surface area contributed by atoms with E-state index in [0.29, 0.717) is 23.4 Å². The second-order valence-corrected chi connectivity index (χ2v) is 5.69. The third kappa shape index (κ3) is 3.37. The van der Waals surface area contributed by atoms with E-state index in [4.69, 9.17) is 9.47 Å². The molecule has 7 nitrogen and oxygen atoms in total. The van der Waals surface area contributed by atoms with Gasteiger partial charge in [0.05, 0.1) is 18.6 Å². The van der Waals surface area contributed by atoms with Crippen molar-refractivity contribution in [3.8, 4) is 5.75 Å². The maximum atomic E-state index is 12.4. The van der Waals surface area contributed by atoms with E-state index in [9.17, 15) is 14.9 Å². The smallest absolute Gasteiger partial charge is 0.354 e. The molecule has 26 heavy (non-hydrogen) atoms. The van der Waals surface area contributed by atoms with E-state index in [0.717, 1.165) is 11.1 Å². The van der Waals surface area contributed by atoms with Gasteiger partial charge in [0.15, 0.2) is 0 Å². The Kier molecular flexibility index (Phi) is 4.88. The van der Waals surface area contributed by atoms with Crippen LogP contribution in [-0.2, 0) is 11.3 Å². The van der Waals surface area contributed by atoms with Crippen molar-refractivity contribution in [1.29, 1.82) is 0 Å². The van der Waals surface area contributed by atoms with E-state index in [1.165, 1.54) is 12.1 Å². The number of benzene rings is 2. The summed E-state index contributed by atoms with van der Waals surface area (Å²) in [6.07, 6.45) is 0. The molecule has 0 saturated heterocycles. The van der Waals surface area contributed by atoms with Crippen molar-refractivity contribution in [2.75, 3.05) is 13.7 Å². The summed E-state index contributed by atoms with van der Waals surface area (Å²) < 4.78 is 12.2. The van der Waals surface area contributed by atoms with Gasteiger partial charge in [0.25, 0.3) is 5.69 Å². The molecule has 0 saturated carbocycles. The number of nitro benzene ring substituents is 1. The number of esters is 1. The van der Waals surface area contributed by atoms with Gasteiger partial charge in [0.1, 0.15) is 11.4 Å². The fraction of sp³-hybridized carbons (Fsp3) is 0.211. The van der Waals surface area contributed by atoms with Gasteiger partial charge in [-0.05, 0) is 36.8 Å². The Balaban J connectivity index is 2.11. The van der Waals surface area contributed by atoms with Crippen LogP contribution in [0.3, 0.4) is 0 Å². The Morgan fingerprint density at radius 3 is 2.69 bits per heavy atom. The van der Waals surface area contributed by atoms with E-state index in [1.54, 1.807) is 30.7 Å². The summed E-state index contributed by atoms with van der Waals surface area (Å²) in [5, 5.41) is 11.6. The first-order chi connectivity index (χ1) is 12.5. The number of ether oxygens (including phenoxy) is 2. The SMILES string of the molecule is CCOC(=O)c1cc2cc([N+](=O)[O-])ccc2n1Cc1cccc(OC)c1. The second-order valence-electron chi connectivity index (χ2n) is 5.69. The average molecular weight is 354 g/mol. The maximum absolute atomic E-state index is 12.4. The number of fused-ring (bicyclic) bond motifs is 1. The fourth-order valence-corrected chi connectivity index (χ4v) is 2.87. The lowest BCUT2D eigenvalue weighted by Crippen LogP contribution is -2.12. The molecule has 0 bridgehead atoms. The van der Waals surface area contributed by atoms with Gasteiger partial charge >= 0.3 is 5.97 Å². The lowest BCUT2D eigenvalue weighted by Gasteiger charge is -2.11. The zero-order valence-electron chi connectivity index (χ0n) is 14.5. The largest absolute Gasteiger partial charge is 0.497 e. The number of nitro groups is 1. The molecule has 0 N–H and O–H groups in total. The fourth-order valence-electron chi connectivity index (χ4n) is 2.87. The molecule has 134 valence electrons.